The van der Waals surface area contributed by atoms with Gasteiger partial charge in [-0.05, 0) is 119 Å². The fraction of sp³-hybridized carbons (Fsp3) is 0.786. The number of likely N-dealkylation sites (N-methyl/N-ethyl adjacent to an activating group) is 2. The molecule has 0 aliphatic carbocycles. The number of ketones is 1. The van der Waals surface area contributed by atoms with Crippen molar-refractivity contribution in [2.24, 2.45) is 23.7 Å². The van der Waals surface area contributed by atoms with E-state index >= 15 is 0 Å². The molecule has 3 saturated heterocycles. The van der Waals surface area contributed by atoms with E-state index in [1.54, 1.807) is 64.7 Å². The van der Waals surface area contributed by atoms with Crippen molar-refractivity contribution in [3.8, 4) is 0 Å². The molecule has 4 heterocycles. The number of esters is 1. The highest BCUT2D eigenvalue weighted by atomic mass is 16.7. The number of nitrogens with zero attached hydrogens (tertiary/aromatic N) is 4. The van der Waals surface area contributed by atoms with Gasteiger partial charge in [-0.2, -0.15) is 0 Å². The summed E-state index contributed by atoms with van der Waals surface area (Å²) in [5.41, 5.74) is -3.51. The molecule has 2 aromatic rings. The van der Waals surface area contributed by atoms with Crippen LogP contribution in [0.2, 0.25) is 0 Å². The molecule has 0 amide bonds. The number of Topliss-reactive ketones (excluding diaryl/α,β-unsaturated/α-hetero) is 1. The van der Waals surface area contributed by atoms with Crippen LogP contribution in [-0.2, 0) is 53.9 Å². The van der Waals surface area contributed by atoms with Crippen molar-refractivity contribution in [2.45, 2.75) is 192 Å². The molecule has 0 unspecified atom stereocenters. The maximum atomic E-state index is 14.6. The molecular weight excluding hydrogens is 985 g/mol. The molecule has 20 heteroatoms. The largest absolute Gasteiger partial charge is 0.477 e. The first-order valence-electron chi connectivity index (χ1n) is 27.1. The molecule has 432 valence electrons. The maximum Gasteiger partial charge on any atom is 0.341 e. The summed E-state index contributed by atoms with van der Waals surface area (Å²) in [5.74, 6) is -5.91. The minimum absolute atomic E-state index is 0.0869. The molecule has 1 aromatic carbocycles. The van der Waals surface area contributed by atoms with Crippen LogP contribution in [0.1, 0.15) is 117 Å². The predicted octanol–water partition coefficient (Wildman–Crippen LogP) is 4.24. The number of carboxylic acids is 1. The number of benzene rings is 1. The molecule has 76 heavy (non-hydrogen) atoms. The fourth-order valence-electron chi connectivity index (χ4n) is 11.9. The third kappa shape index (κ3) is 14.0. The van der Waals surface area contributed by atoms with E-state index in [1.165, 1.54) is 20.2 Å². The quantitative estimate of drug-likeness (QED) is 0.153. The Morgan fingerprint density at radius 1 is 0.868 bits per heavy atom. The molecule has 0 spiro atoms. The van der Waals surface area contributed by atoms with Crippen LogP contribution in [0.15, 0.2) is 29.2 Å². The van der Waals surface area contributed by atoms with Crippen molar-refractivity contribution in [2.75, 3.05) is 74.2 Å². The van der Waals surface area contributed by atoms with Gasteiger partial charge < -0.3 is 73.1 Å². The number of carbonyl (C=O) groups is 3. The number of aromatic nitrogens is 1. The van der Waals surface area contributed by atoms with Crippen LogP contribution >= 0.6 is 0 Å². The minimum Gasteiger partial charge on any atom is -0.477 e. The van der Waals surface area contributed by atoms with E-state index in [2.05, 4.69) is 4.90 Å². The molecule has 0 saturated carbocycles. The Bertz CT molecular complexity index is 2330. The van der Waals surface area contributed by atoms with Crippen molar-refractivity contribution < 1.29 is 72.7 Å². The number of carboxylic acid groups (broad SMARTS) is 1. The Morgan fingerprint density at radius 3 is 2.11 bits per heavy atom. The van der Waals surface area contributed by atoms with Crippen LogP contribution < -0.4 is 10.4 Å². The molecule has 3 aliphatic heterocycles. The first-order valence-corrected chi connectivity index (χ1v) is 27.1. The van der Waals surface area contributed by atoms with Gasteiger partial charge in [-0.15, -0.1) is 0 Å². The molecular formula is C56H92N4O16. The second-order valence-corrected chi connectivity index (χ2v) is 23.1. The molecule has 0 radical (unpaired) electrons. The monoisotopic (exact) mass is 1080 g/mol. The van der Waals surface area contributed by atoms with Gasteiger partial charge in [0.2, 0.25) is 5.43 Å². The average Bonchev–Trinajstić information content (AvgIpc) is 3.36. The number of pyridine rings is 1. The van der Waals surface area contributed by atoms with Crippen LogP contribution in [0.3, 0.4) is 0 Å². The molecule has 5 rings (SSSR count). The lowest BCUT2D eigenvalue weighted by molar-refractivity contribution is -0.322. The van der Waals surface area contributed by atoms with Gasteiger partial charge in [-0.25, -0.2) is 4.79 Å². The summed E-state index contributed by atoms with van der Waals surface area (Å²) in [5, 5.41) is 47.1. The highest BCUT2D eigenvalue weighted by Crippen LogP contribution is 2.42. The number of aliphatic hydroxyl groups excluding tert-OH is 2. The molecule has 3 fully saturated rings. The lowest BCUT2D eigenvalue weighted by Gasteiger charge is -2.50. The Balaban J connectivity index is 1.38. The van der Waals surface area contributed by atoms with Crippen LogP contribution in [0, 0.1) is 23.7 Å². The number of ether oxygens (including phenoxy) is 8. The number of hydrogen-bond donors (Lipinski definition) is 4. The SMILES string of the molecule is CC[C@H]1OC(=O)[C@H](C)[C@@H](O[C@H]2C[C@@](C)(OC)[C@@H](OCCN(C)CCCc3ccc4c(c3)c(=O)c(C(=O)O)cn4N(C)C)[C@H](C)O2)[C@H](C)[C@@H](O[C@@H]2O[C@H](C)C[C@H](N(C)C)[C@H]2O)[C@](C)(OC)C[C@@H](C)C(=O)[C@H](C)[C@@H](O)[C@]1(C)O. The number of carbonyl (C=O) groups excluding carboxylic acids is 2. The minimum atomic E-state index is -2.00. The van der Waals surface area contributed by atoms with E-state index in [9.17, 15) is 39.6 Å². The standard InChI is InChI=1S/C56H92N4O16/c1-18-42-56(10,68)48(64)33(4)44(61)31(2)28-54(8,69-16)49(76-53-46(63)41(57(11)12)26-32(3)72-53)34(5)47(35(6)52(67)74-42)75-43-29-55(9,70-17)50(36(7)73-43)71-25-24-59(15)23-19-20-37-21-22-40-38(27-37)45(62)39(51(65)66)30-60(40)58(13)14/h21-22,27,30-36,41-43,46-50,53,63-64,68H,18-20,23-26,28-29H2,1-17H3,(H,65,66)/t31-,32-,33+,34+,35-,36+,41+,42-,43+,46-,47+,48-,49-,50+,53+,54-,55-,56-/m1/s1. The Hall–Kier alpha value is -3.64. The number of rotatable bonds is 18. The van der Waals surface area contributed by atoms with Crippen molar-refractivity contribution in [1.29, 1.82) is 0 Å². The van der Waals surface area contributed by atoms with Gasteiger partial charge in [-0.1, -0.05) is 33.8 Å². The Kier molecular flexibility index (Phi) is 21.7. The summed E-state index contributed by atoms with van der Waals surface area (Å²) < 4.78 is 53.9. The maximum absolute atomic E-state index is 14.6. The number of methoxy groups -OCH3 is 2. The first-order chi connectivity index (χ1) is 35.5. The predicted molar refractivity (Wildman–Crippen MR) is 286 cm³/mol. The number of hydrogen-bond acceptors (Lipinski definition) is 18. The summed E-state index contributed by atoms with van der Waals surface area (Å²) >= 11 is 0. The van der Waals surface area contributed by atoms with Gasteiger partial charge in [0.25, 0.3) is 0 Å². The van der Waals surface area contributed by atoms with Crippen LogP contribution in [-0.4, -0.2) is 206 Å². The smallest absolute Gasteiger partial charge is 0.341 e. The van der Waals surface area contributed by atoms with Gasteiger partial charge in [-0.3, -0.25) is 19.1 Å². The van der Waals surface area contributed by atoms with E-state index in [0.717, 1.165) is 12.0 Å². The molecule has 0 bridgehead atoms. The third-order valence-corrected chi connectivity index (χ3v) is 16.7. The van der Waals surface area contributed by atoms with Crippen molar-refractivity contribution in [1.82, 2.24) is 14.5 Å². The molecule has 4 N–H and O–H groups in total. The zero-order valence-corrected chi connectivity index (χ0v) is 48.3. The molecule has 18 atom stereocenters. The second-order valence-electron chi connectivity index (χ2n) is 23.1. The van der Waals surface area contributed by atoms with Gasteiger partial charge in [0, 0.05) is 76.7 Å². The number of aromatic carboxylic acids is 1. The summed E-state index contributed by atoms with van der Waals surface area (Å²) in [7, 11) is 12.4. The van der Waals surface area contributed by atoms with Gasteiger partial charge in [0.05, 0.1) is 59.8 Å². The molecule has 3 aliphatic rings. The number of fused-ring (bicyclic) bond motifs is 1. The van der Waals surface area contributed by atoms with Gasteiger partial charge >= 0.3 is 11.9 Å². The summed E-state index contributed by atoms with van der Waals surface area (Å²) in [4.78, 5) is 57.9. The Morgan fingerprint density at radius 2 is 1.51 bits per heavy atom. The second kappa shape index (κ2) is 26.1. The topological polar surface area (TPSA) is 238 Å². The number of aryl methyl sites for hydroxylation is 1. The van der Waals surface area contributed by atoms with Crippen molar-refractivity contribution in [3.63, 3.8) is 0 Å². The van der Waals surface area contributed by atoms with Crippen molar-refractivity contribution in [3.05, 3.63) is 45.7 Å². The number of cyclic esters (lactones) is 1. The van der Waals surface area contributed by atoms with Crippen molar-refractivity contribution >= 4 is 28.6 Å². The first kappa shape index (κ1) is 63.2. The third-order valence-electron chi connectivity index (χ3n) is 16.7. The zero-order chi connectivity index (χ0) is 56.9. The molecule has 1 aromatic heterocycles. The van der Waals surface area contributed by atoms with E-state index in [0.29, 0.717) is 43.4 Å². The van der Waals surface area contributed by atoms with E-state index in [1.807, 2.05) is 72.8 Å². The van der Waals surface area contributed by atoms with Gasteiger partial charge in [0.1, 0.15) is 35.3 Å². The fourth-order valence-corrected chi connectivity index (χ4v) is 11.9. The normalized spacial score (nSPS) is 37.3. The Labute approximate surface area is 450 Å². The van der Waals surface area contributed by atoms with E-state index in [-0.39, 0.29) is 42.8 Å². The highest BCUT2D eigenvalue weighted by molar-refractivity contribution is 5.93. The van der Waals surface area contributed by atoms with Gasteiger partial charge in [0.15, 0.2) is 12.6 Å². The highest BCUT2D eigenvalue weighted by Gasteiger charge is 2.54. The summed E-state index contributed by atoms with van der Waals surface area (Å²) in [6.45, 7) is 19.1. The molecule has 20 nitrogen and oxygen atoms in total. The van der Waals surface area contributed by atoms with Crippen LogP contribution in [0.4, 0.5) is 0 Å². The average molecular weight is 1080 g/mol. The lowest BCUT2D eigenvalue weighted by Crippen LogP contribution is -2.61. The lowest BCUT2D eigenvalue weighted by atomic mass is 9.74. The van der Waals surface area contributed by atoms with E-state index in [4.69, 9.17) is 37.9 Å². The summed E-state index contributed by atoms with van der Waals surface area (Å²) in [6.07, 6.45) is -5.71. The number of aliphatic hydroxyl groups is 3. The van der Waals surface area contributed by atoms with E-state index < -0.39 is 113 Å². The van der Waals surface area contributed by atoms with Crippen LogP contribution in [0.5, 0.6) is 0 Å². The van der Waals surface area contributed by atoms with Crippen LogP contribution in [0.25, 0.3) is 10.9 Å². The summed E-state index contributed by atoms with van der Waals surface area (Å²) in [6, 6.07) is 5.27. The zero-order valence-electron chi connectivity index (χ0n) is 48.3.